The molecule has 0 spiro atoms. The van der Waals surface area contributed by atoms with Crippen LogP contribution in [0.4, 0.5) is 0 Å². The van der Waals surface area contributed by atoms with Gasteiger partial charge in [-0.15, -0.1) is 0 Å². The van der Waals surface area contributed by atoms with Crippen molar-refractivity contribution in [2.45, 2.75) is 6.92 Å². The van der Waals surface area contributed by atoms with Gasteiger partial charge in [-0.25, -0.2) is 0 Å². The summed E-state index contributed by atoms with van der Waals surface area (Å²) >= 11 is 3.43. The molecule has 0 bridgehead atoms. The van der Waals surface area contributed by atoms with Crippen molar-refractivity contribution in [2.75, 3.05) is 0 Å². The maximum Gasteiger partial charge on any atom is 0.308 e. The minimum atomic E-state index is -0.423. The van der Waals surface area contributed by atoms with Crippen LogP contribution in [0.3, 0.4) is 0 Å². The molecule has 0 aromatic heterocycles. The zero-order valence-corrected chi connectivity index (χ0v) is 13.2. The number of hydrogen-bond donors (Lipinski definition) is 0. The van der Waals surface area contributed by atoms with Crippen LogP contribution >= 0.6 is 15.9 Å². The normalized spacial score (nSPS) is 14.6. The van der Waals surface area contributed by atoms with Crippen molar-refractivity contribution in [1.82, 2.24) is 0 Å². The first kappa shape index (κ1) is 14.5. The molecule has 4 nitrogen and oxygen atoms in total. The van der Waals surface area contributed by atoms with Crippen LogP contribution in [0.15, 0.2) is 52.7 Å². The summed E-state index contributed by atoms with van der Waals surface area (Å²) in [7, 11) is 0. The number of carbonyl (C=O) groups is 2. The lowest BCUT2D eigenvalue weighted by Gasteiger charge is -2.03. The van der Waals surface area contributed by atoms with Crippen molar-refractivity contribution < 1.29 is 19.1 Å². The van der Waals surface area contributed by atoms with Crippen molar-refractivity contribution in [3.05, 3.63) is 63.8 Å². The largest absolute Gasteiger partial charge is 0.452 e. The molecule has 0 radical (unpaired) electrons. The van der Waals surface area contributed by atoms with E-state index in [4.69, 9.17) is 9.47 Å². The van der Waals surface area contributed by atoms with Gasteiger partial charge in [-0.2, -0.15) is 0 Å². The lowest BCUT2D eigenvalue weighted by atomic mass is 10.1. The van der Waals surface area contributed by atoms with E-state index in [2.05, 4.69) is 15.9 Å². The summed E-state index contributed by atoms with van der Waals surface area (Å²) in [6.45, 7) is 1.32. The predicted octanol–water partition coefficient (Wildman–Crippen LogP) is 3.99. The smallest absolute Gasteiger partial charge is 0.308 e. The van der Waals surface area contributed by atoms with Crippen LogP contribution in [0.1, 0.15) is 22.8 Å². The molecule has 2 aromatic carbocycles. The van der Waals surface area contributed by atoms with Crippen LogP contribution in [-0.2, 0) is 4.79 Å². The Hall–Kier alpha value is -2.40. The number of fused-ring (bicyclic) bond motifs is 1. The molecule has 0 atom stereocenters. The van der Waals surface area contributed by atoms with Gasteiger partial charge >= 0.3 is 5.97 Å². The van der Waals surface area contributed by atoms with Gasteiger partial charge in [0.15, 0.2) is 5.76 Å². The molecule has 0 unspecified atom stereocenters. The molecule has 110 valence electrons. The third-order valence-corrected chi connectivity index (χ3v) is 3.82. The number of ketones is 1. The second-order valence-electron chi connectivity index (χ2n) is 4.71. The Kier molecular flexibility index (Phi) is 3.81. The van der Waals surface area contributed by atoms with Crippen LogP contribution in [0.25, 0.3) is 6.08 Å². The first-order valence-corrected chi connectivity index (χ1v) is 7.35. The van der Waals surface area contributed by atoms with Gasteiger partial charge in [0.2, 0.25) is 5.78 Å². The number of allylic oxidation sites excluding steroid dienone is 1. The zero-order valence-electron chi connectivity index (χ0n) is 11.6. The highest BCUT2D eigenvalue weighted by Gasteiger charge is 2.28. The third kappa shape index (κ3) is 2.80. The van der Waals surface area contributed by atoms with E-state index in [1.54, 1.807) is 18.2 Å². The molecule has 0 amide bonds. The molecule has 1 aliphatic rings. The Morgan fingerprint density at radius 3 is 2.73 bits per heavy atom. The van der Waals surface area contributed by atoms with Crippen molar-refractivity contribution in [3.8, 4) is 11.5 Å². The maximum absolute atomic E-state index is 12.3. The highest BCUT2D eigenvalue weighted by atomic mass is 79.9. The minimum absolute atomic E-state index is 0.194. The van der Waals surface area contributed by atoms with Crippen molar-refractivity contribution >= 4 is 33.8 Å². The standard InChI is InChI=1S/C17H11BrO4/c1-10(19)21-12-6-7-13-15(9-12)22-16(17(13)20)8-11-4-2-3-5-14(11)18/h2-9H,1H3/b16-8+. The number of esters is 1. The quantitative estimate of drug-likeness (QED) is 0.462. The lowest BCUT2D eigenvalue weighted by Crippen LogP contribution is -2.01. The number of Topliss-reactive ketones (excluding diaryl/α,β-unsaturated/α-hetero) is 1. The molecule has 0 saturated heterocycles. The predicted molar refractivity (Wildman–Crippen MR) is 84.8 cm³/mol. The Labute approximate surface area is 135 Å². The average molecular weight is 359 g/mol. The van der Waals surface area contributed by atoms with Gasteiger partial charge < -0.3 is 9.47 Å². The van der Waals surface area contributed by atoms with E-state index >= 15 is 0 Å². The molecule has 0 saturated carbocycles. The topological polar surface area (TPSA) is 52.6 Å². The number of ether oxygens (including phenoxy) is 2. The van der Waals surface area contributed by atoms with Crippen molar-refractivity contribution in [1.29, 1.82) is 0 Å². The van der Waals surface area contributed by atoms with E-state index < -0.39 is 5.97 Å². The molecule has 1 aliphatic heterocycles. The molecular weight excluding hydrogens is 348 g/mol. The van der Waals surface area contributed by atoms with Gasteiger partial charge in [0.25, 0.3) is 0 Å². The van der Waals surface area contributed by atoms with Crippen LogP contribution in [0, 0.1) is 0 Å². The van der Waals surface area contributed by atoms with Crippen LogP contribution < -0.4 is 9.47 Å². The van der Waals surface area contributed by atoms with E-state index in [1.807, 2.05) is 24.3 Å². The lowest BCUT2D eigenvalue weighted by molar-refractivity contribution is -0.131. The Morgan fingerprint density at radius 2 is 2.00 bits per heavy atom. The summed E-state index contributed by atoms with van der Waals surface area (Å²) in [5.74, 6) is 0.360. The van der Waals surface area contributed by atoms with E-state index in [9.17, 15) is 9.59 Å². The van der Waals surface area contributed by atoms with E-state index in [0.29, 0.717) is 17.1 Å². The first-order valence-electron chi connectivity index (χ1n) is 6.56. The number of hydrogen-bond acceptors (Lipinski definition) is 4. The summed E-state index contributed by atoms with van der Waals surface area (Å²) in [6, 6.07) is 12.2. The molecule has 1 heterocycles. The molecule has 5 heteroatoms. The highest BCUT2D eigenvalue weighted by molar-refractivity contribution is 9.10. The second-order valence-corrected chi connectivity index (χ2v) is 5.57. The molecular formula is C17H11BrO4. The monoisotopic (exact) mass is 358 g/mol. The SMILES string of the molecule is CC(=O)Oc1ccc2c(c1)O/C(=C/c1ccccc1Br)C2=O. The summed E-state index contributed by atoms with van der Waals surface area (Å²) in [5.41, 5.74) is 1.30. The van der Waals surface area contributed by atoms with Gasteiger partial charge in [-0.05, 0) is 29.8 Å². The fraction of sp³-hybridized carbons (Fsp3) is 0.0588. The van der Waals surface area contributed by atoms with Gasteiger partial charge in [0.1, 0.15) is 11.5 Å². The van der Waals surface area contributed by atoms with Crippen LogP contribution in [-0.4, -0.2) is 11.8 Å². The summed E-state index contributed by atoms with van der Waals surface area (Å²) in [6.07, 6.45) is 1.68. The molecule has 0 fully saturated rings. The maximum atomic E-state index is 12.3. The molecule has 3 rings (SSSR count). The van der Waals surface area contributed by atoms with Crippen molar-refractivity contribution in [2.24, 2.45) is 0 Å². The van der Waals surface area contributed by atoms with Gasteiger partial charge in [-0.1, -0.05) is 34.1 Å². The summed E-state index contributed by atoms with van der Waals surface area (Å²) in [5, 5.41) is 0. The van der Waals surface area contributed by atoms with Gasteiger partial charge in [0, 0.05) is 17.5 Å². The third-order valence-electron chi connectivity index (χ3n) is 3.09. The van der Waals surface area contributed by atoms with Crippen molar-refractivity contribution in [3.63, 3.8) is 0 Å². The Balaban J connectivity index is 1.94. The number of rotatable bonds is 2. The molecule has 22 heavy (non-hydrogen) atoms. The Bertz CT molecular complexity index is 808. The fourth-order valence-corrected chi connectivity index (χ4v) is 2.53. The van der Waals surface area contributed by atoms with Gasteiger partial charge in [-0.3, -0.25) is 9.59 Å². The fourth-order valence-electron chi connectivity index (χ4n) is 2.13. The molecule has 0 N–H and O–H groups in total. The van der Waals surface area contributed by atoms with Crippen LogP contribution in [0.5, 0.6) is 11.5 Å². The number of halogens is 1. The van der Waals surface area contributed by atoms with Crippen LogP contribution in [0.2, 0.25) is 0 Å². The minimum Gasteiger partial charge on any atom is -0.452 e. The van der Waals surface area contributed by atoms with E-state index in [0.717, 1.165) is 10.0 Å². The molecule has 0 aliphatic carbocycles. The second kappa shape index (κ2) is 5.77. The highest BCUT2D eigenvalue weighted by Crippen LogP contribution is 2.35. The summed E-state index contributed by atoms with van der Waals surface area (Å²) < 4.78 is 11.5. The Morgan fingerprint density at radius 1 is 1.23 bits per heavy atom. The number of benzene rings is 2. The average Bonchev–Trinajstić information content (AvgIpc) is 2.77. The van der Waals surface area contributed by atoms with E-state index in [1.165, 1.54) is 13.0 Å². The molecule has 2 aromatic rings. The number of carbonyl (C=O) groups excluding carboxylic acids is 2. The van der Waals surface area contributed by atoms with E-state index in [-0.39, 0.29) is 11.5 Å². The van der Waals surface area contributed by atoms with Gasteiger partial charge in [0.05, 0.1) is 5.56 Å². The summed E-state index contributed by atoms with van der Waals surface area (Å²) in [4.78, 5) is 23.3. The first-order chi connectivity index (χ1) is 10.5. The zero-order chi connectivity index (χ0) is 15.7.